The van der Waals surface area contributed by atoms with Crippen LogP contribution in [-0.2, 0) is 6.42 Å². The first-order valence-electron chi connectivity index (χ1n) is 13.4. The first-order chi connectivity index (χ1) is 18.9. The lowest BCUT2D eigenvalue weighted by Crippen LogP contribution is -1.95. The van der Waals surface area contributed by atoms with Crippen LogP contribution in [0.25, 0.3) is 55.1 Å². The smallest absolute Gasteiger partial charge is 0.00201 e. The lowest BCUT2D eigenvalue weighted by atomic mass is 9.83. The van der Waals surface area contributed by atoms with E-state index in [9.17, 15) is 0 Å². The molecule has 0 N–H and O–H groups in total. The van der Waals surface area contributed by atoms with E-state index in [0.717, 1.165) is 12.8 Å². The van der Waals surface area contributed by atoms with Crippen molar-refractivity contribution in [2.45, 2.75) is 12.8 Å². The Morgan fingerprint density at radius 3 is 1.71 bits per heavy atom. The van der Waals surface area contributed by atoms with Crippen LogP contribution in [0.4, 0.5) is 0 Å². The van der Waals surface area contributed by atoms with Crippen LogP contribution in [0.1, 0.15) is 23.1 Å². The highest BCUT2D eigenvalue weighted by Gasteiger charge is 2.18. The molecule has 7 rings (SSSR count). The van der Waals surface area contributed by atoms with Crippen LogP contribution in [0.5, 0.6) is 0 Å². The Balaban J connectivity index is 1.60. The van der Waals surface area contributed by atoms with Crippen LogP contribution >= 0.6 is 0 Å². The quantitative estimate of drug-likeness (QED) is 0.214. The van der Waals surface area contributed by atoms with Crippen LogP contribution in [-0.4, -0.2) is 0 Å². The molecule has 0 saturated carbocycles. The minimum Gasteiger partial charge on any atom is -0.0801 e. The highest BCUT2D eigenvalue weighted by molar-refractivity contribution is 6.22. The molecule has 38 heavy (non-hydrogen) atoms. The van der Waals surface area contributed by atoms with Crippen molar-refractivity contribution in [2.24, 2.45) is 0 Å². The summed E-state index contributed by atoms with van der Waals surface area (Å²) in [5, 5.41) is 7.77. The molecule has 0 spiro atoms. The number of fused-ring (bicyclic) bond motifs is 4. The number of allylic oxidation sites excluding steroid dienone is 5. The summed E-state index contributed by atoms with van der Waals surface area (Å²) in [6.45, 7) is 0. The summed E-state index contributed by atoms with van der Waals surface area (Å²) in [5.41, 5.74) is 7.95. The van der Waals surface area contributed by atoms with Crippen molar-refractivity contribution in [1.29, 1.82) is 0 Å². The number of hydrogen-bond donors (Lipinski definition) is 0. The first kappa shape index (κ1) is 22.5. The van der Waals surface area contributed by atoms with Gasteiger partial charge in [-0.05, 0) is 78.5 Å². The number of benzene rings is 6. The predicted octanol–water partition coefficient (Wildman–Crippen LogP) is 10.4. The normalized spacial score (nSPS) is 13.5. The third kappa shape index (κ3) is 3.86. The van der Waals surface area contributed by atoms with Crippen molar-refractivity contribution in [2.75, 3.05) is 0 Å². The van der Waals surface area contributed by atoms with E-state index in [0.29, 0.717) is 0 Å². The lowest BCUT2D eigenvalue weighted by Gasteiger charge is -2.20. The fourth-order valence-corrected chi connectivity index (χ4v) is 6.04. The minimum atomic E-state index is 0.875. The molecular weight excluding hydrogens is 456 g/mol. The van der Waals surface area contributed by atoms with Gasteiger partial charge in [0.2, 0.25) is 0 Å². The van der Waals surface area contributed by atoms with Gasteiger partial charge in [0.15, 0.2) is 0 Å². The van der Waals surface area contributed by atoms with E-state index in [-0.39, 0.29) is 0 Å². The standard InChI is InChI=1S/C38H28/c1-2-4-18-30(26-29-17-6-5-15-27(29)14-3-1)37-33-21-9-11-23-35(33)38(36-24-12-10-22-34(36)37)32-25-13-19-28-16-7-8-20-31(28)32/h1-13,15-17,19-26H,14,18H2. The Kier molecular flexibility index (Phi) is 5.72. The second-order valence-corrected chi connectivity index (χ2v) is 10.0. The maximum Gasteiger partial charge on any atom is -0.00201 e. The van der Waals surface area contributed by atoms with E-state index in [2.05, 4.69) is 146 Å². The van der Waals surface area contributed by atoms with E-state index in [1.807, 2.05) is 0 Å². The Morgan fingerprint density at radius 1 is 0.421 bits per heavy atom. The van der Waals surface area contributed by atoms with Gasteiger partial charge >= 0.3 is 0 Å². The highest BCUT2D eigenvalue weighted by atomic mass is 14.2. The third-order valence-corrected chi connectivity index (χ3v) is 7.76. The van der Waals surface area contributed by atoms with Gasteiger partial charge in [0.05, 0.1) is 0 Å². The summed E-state index contributed by atoms with van der Waals surface area (Å²) in [5.74, 6) is 0. The van der Waals surface area contributed by atoms with Crippen molar-refractivity contribution in [1.82, 2.24) is 0 Å². The third-order valence-electron chi connectivity index (χ3n) is 7.76. The van der Waals surface area contributed by atoms with E-state index < -0.39 is 0 Å². The molecule has 0 atom stereocenters. The maximum atomic E-state index is 2.42. The van der Waals surface area contributed by atoms with Crippen LogP contribution in [0, 0.1) is 0 Å². The molecule has 6 aromatic rings. The van der Waals surface area contributed by atoms with Crippen LogP contribution < -0.4 is 0 Å². The highest BCUT2D eigenvalue weighted by Crippen LogP contribution is 2.44. The van der Waals surface area contributed by atoms with Crippen molar-refractivity contribution in [3.63, 3.8) is 0 Å². The molecule has 0 nitrogen and oxygen atoms in total. The summed E-state index contributed by atoms with van der Waals surface area (Å²) < 4.78 is 0. The molecular formula is C38H28. The van der Waals surface area contributed by atoms with Gasteiger partial charge in [-0.1, -0.05) is 146 Å². The zero-order valence-corrected chi connectivity index (χ0v) is 21.3. The van der Waals surface area contributed by atoms with Gasteiger partial charge in [-0.3, -0.25) is 0 Å². The van der Waals surface area contributed by atoms with Crippen LogP contribution in [0.3, 0.4) is 0 Å². The van der Waals surface area contributed by atoms with Crippen LogP contribution in [0.15, 0.2) is 140 Å². The number of hydrogen-bond acceptors (Lipinski definition) is 0. The monoisotopic (exact) mass is 484 g/mol. The average molecular weight is 485 g/mol. The van der Waals surface area contributed by atoms with Gasteiger partial charge < -0.3 is 0 Å². The topological polar surface area (TPSA) is 0 Å². The second kappa shape index (κ2) is 9.65. The van der Waals surface area contributed by atoms with Gasteiger partial charge in [-0.25, -0.2) is 0 Å². The first-order valence-corrected chi connectivity index (χ1v) is 13.4. The molecule has 0 saturated heterocycles. The molecule has 6 aromatic carbocycles. The predicted molar refractivity (Wildman–Crippen MR) is 165 cm³/mol. The Labute approximate surface area is 223 Å². The summed E-state index contributed by atoms with van der Waals surface area (Å²) in [6.07, 6.45) is 13.1. The van der Waals surface area contributed by atoms with Crippen molar-refractivity contribution in [3.8, 4) is 11.1 Å². The van der Waals surface area contributed by atoms with Gasteiger partial charge in [-0.2, -0.15) is 0 Å². The van der Waals surface area contributed by atoms with E-state index >= 15 is 0 Å². The van der Waals surface area contributed by atoms with Gasteiger partial charge in [0, 0.05) is 0 Å². The molecule has 0 fully saturated rings. The minimum absolute atomic E-state index is 0.875. The zero-order chi connectivity index (χ0) is 25.3. The lowest BCUT2D eigenvalue weighted by molar-refractivity contribution is 1.25. The molecule has 0 heterocycles. The van der Waals surface area contributed by atoms with Crippen molar-refractivity contribution in [3.05, 3.63) is 156 Å². The van der Waals surface area contributed by atoms with E-state index in [1.54, 1.807) is 0 Å². The van der Waals surface area contributed by atoms with E-state index in [1.165, 1.54) is 65.7 Å². The Morgan fingerprint density at radius 2 is 0.974 bits per heavy atom. The molecule has 0 radical (unpaired) electrons. The fraction of sp³-hybridized carbons (Fsp3) is 0.0526. The molecule has 1 aliphatic rings. The van der Waals surface area contributed by atoms with Gasteiger partial charge in [-0.15, -0.1) is 0 Å². The second-order valence-electron chi connectivity index (χ2n) is 10.0. The van der Waals surface area contributed by atoms with E-state index in [4.69, 9.17) is 0 Å². The molecule has 1 aliphatic carbocycles. The molecule has 0 heteroatoms. The molecule has 0 amide bonds. The zero-order valence-electron chi connectivity index (χ0n) is 21.3. The van der Waals surface area contributed by atoms with Gasteiger partial charge in [0.1, 0.15) is 0 Å². The van der Waals surface area contributed by atoms with Gasteiger partial charge in [0.25, 0.3) is 0 Å². The Hall–Kier alpha value is -4.68. The van der Waals surface area contributed by atoms with Crippen molar-refractivity contribution < 1.29 is 0 Å². The summed E-state index contributed by atoms with van der Waals surface area (Å²) in [6, 6.07) is 42.1. The number of rotatable bonds is 2. The SMILES string of the molecule is C1=CCC(c2c3ccccc3c(-c3cccc4ccccc34)c3ccccc23)=Cc2ccccc2CC=C1. The van der Waals surface area contributed by atoms with Crippen LogP contribution in [0.2, 0.25) is 0 Å². The molecule has 0 unspecified atom stereocenters. The maximum absolute atomic E-state index is 2.42. The summed E-state index contributed by atoms with van der Waals surface area (Å²) in [4.78, 5) is 0. The summed E-state index contributed by atoms with van der Waals surface area (Å²) >= 11 is 0. The molecule has 0 bridgehead atoms. The fourth-order valence-electron chi connectivity index (χ4n) is 6.04. The van der Waals surface area contributed by atoms with Crippen molar-refractivity contribution >= 4 is 44.0 Å². The summed E-state index contributed by atoms with van der Waals surface area (Å²) in [7, 11) is 0. The largest absolute Gasteiger partial charge is 0.0801 e. The molecule has 180 valence electrons. The Bertz CT molecular complexity index is 1850. The molecule has 0 aliphatic heterocycles. The molecule has 0 aromatic heterocycles. The average Bonchev–Trinajstić information content (AvgIpc) is 2.98.